The lowest BCUT2D eigenvalue weighted by molar-refractivity contribution is -0.129. The number of hydrogen-bond acceptors (Lipinski definition) is 5. The molecule has 9 heteroatoms. The van der Waals surface area contributed by atoms with Crippen LogP contribution in [-0.2, 0) is 16.0 Å². The largest absolute Gasteiger partial charge is 0.497 e. The average Bonchev–Trinajstić information content (AvgIpc) is 2.86. The van der Waals surface area contributed by atoms with Crippen LogP contribution in [0.2, 0.25) is 5.02 Å². The van der Waals surface area contributed by atoms with Gasteiger partial charge in [-0.3, -0.25) is 14.5 Å². The van der Waals surface area contributed by atoms with Crippen LogP contribution in [0.1, 0.15) is 12.0 Å². The molecule has 1 fully saturated rings. The number of carbonyl (C=O) groups is 2. The van der Waals surface area contributed by atoms with E-state index in [-0.39, 0.29) is 24.1 Å². The minimum absolute atomic E-state index is 0.0198. The molecule has 1 aliphatic heterocycles. The Bertz CT molecular complexity index is 1240. The van der Waals surface area contributed by atoms with Crippen LogP contribution in [0, 0.1) is 5.82 Å². The number of rotatable bonds is 7. The Balaban J connectivity index is 1.54. The number of aliphatic imine (C=N–C) groups is 1. The number of ether oxygens (including phenoxy) is 1. The zero-order valence-electron chi connectivity index (χ0n) is 18.9. The monoisotopic (exact) mass is 511 g/mol. The van der Waals surface area contributed by atoms with Crippen molar-refractivity contribution in [2.75, 3.05) is 19.0 Å². The molecular weight excluding hydrogens is 489 g/mol. The summed E-state index contributed by atoms with van der Waals surface area (Å²) in [6.07, 6.45) is 0.612. The highest BCUT2D eigenvalue weighted by molar-refractivity contribution is 8.15. The van der Waals surface area contributed by atoms with Crippen molar-refractivity contribution in [3.63, 3.8) is 0 Å². The van der Waals surface area contributed by atoms with Gasteiger partial charge < -0.3 is 10.1 Å². The molecule has 3 aromatic carbocycles. The fraction of sp³-hybridized carbons (Fsp3) is 0.192. The predicted octanol–water partition coefficient (Wildman–Crippen LogP) is 5.69. The lowest BCUT2D eigenvalue weighted by Crippen LogP contribution is -2.46. The fourth-order valence-corrected chi connectivity index (χ4v) is 4.80. The summed E-state index contributed by atoms with van der Waals surface area (Å²) >= 11 is 7.37. The van der Waals surface area contributed by atoms with E-state index in [0.29, 0.717) is 34.5 Å². The number of halogens is 2. The van der Waals surface area contributed by atoms with Gasteiger partial charge in [0.05, 0.1) is 23.5 Å². The summed E-state index contributed by atoms with van der Waals surface area (Å²) in [6, 6.07) is 20.2. The first kappa shape index (κ1) is 24.8. The molecule has 6 nitrogen and oxygen atoms in total. The van der Waals surface area contributed by atoms with E-state index < -0.39 is 5.25 Å². The van der Waals surface area contributed by atoms with E-state index in [9.17, 15) is 14.0 Å². The Labute approximate surface area is 212 Å². The molecule has 0 aromatic heterocycles. The van der Waals surface area contributed by atoms with Gasteiger partial charge in [-0.05, 0) is 60.5 Å². The van der Waals surface area contributed by atoms with Crippen molar-refractivity contribution >= 4 is 51.7 Å². The molecule has 0 radical (unpaired) electrons. The van der Waals surface area contributed by atoms with Crippen molar-refractivity contribution in [1.82, 2.24) is 4.90 Å². The molecule has 1 atom stereocenters. The lowest BCUT2D eigenvalue weighted by Gasteiger charge is -2.32. The number of hydrogen-bond donors (Lipinski definition) is 1. The molecule has 3 aromatic rings. The Morgan fingerprint density at radius 2 is 1.86 bits per heavy atom. The van der Waals surface area contributed by atoms with Crippen LogP contribution >= 0.6 is 23.4 Å². The van der Waals surface area contributed by atoms with E-state index in [1.807, 2.05) is 24.3 Å². The minimum Gasteiger partial charge on any atom is -0.497 e. The third-order valence-corrected chi connectivity index (χ3v) is 6.92. The molecule has 0 aliphatic carbocycles. The van der Waals surface area contributed by atoms with Gasteiger partial charge in [0.1, 0.15) is 16.8 Å². The molecule has 1 N–H and O–H groups in total. The van der Waals surface area contributed by atoms with Crippen LogP contribution in [0.3, 0.4) is 0 Å². The number of para-hydroxylation sites is 1. The van der Waals surface area contributed by atoms with Crippen LogP contribution in [0.25, 0.3) is 0 Å². The van der Waals surface area contributed by atoms with Gasteiger partial charge in [-0.25, -0.2) is 9.38 Å². The normalized spacial score (nSPS) is 16.9. The number of nitrogens with zero attached hydrogens (tertiary/aromatic N) is 2. The van der Waals surface area contributed by atoms with Gasteiger partial charge >= 0.3 is 0 Å². The van der Waals surface area contributed by atoms with Gasteiger partial charge in [0.15, 0.2) is 5.17 Å². The summed E-state index contributed by atoms with van der Waals surface area (Å²) in [7, 11) is 1.61. The number of anilines is 1. The molecule has 2 amide bonds. The average molecular weight is 512 g/mol. The Morgan fingerprint density at radius 1 is 1.14 bits per heavy atom. The third kappa shape index (κ3) is 6.41. The molecule has 1 unspecified atom stereocenters. The molecule has 0 spiro atoms. The summed E-state index contributed by atoms with van der Waals surface area (Å²) in [5.41, 5.74) is 2.00. The molecule has 0 bridgehead atoms. The quantitative estimate of drug-likeness (QED) is 0.442. The highest BCUT2D eigenvalue weighted by Crippen LogP contribution is 2.31. The number of nitrogens with one attached hydrogen (secondary N) is 1. The van der Waals surface area contributed by atoms with Gasteiger partial charge in [-0.15, -0.1) is 0 Å². The second kappa shape index (κ2) is 11.4. The van der Waals surface area contributed by atoms with Crippen molar-refractivity contribution < 1.29 is 18.7 Å². The second-order valence-electron chi connectivity index (χ2n) is 7.79. The standard InChI is InChI=1S/C26H23ClFN3O3S/c1-34-20-12-6-17(7-13-20)14-15-31-24(32)16-23(25(33)30-22-5-3-2-4-21(22)27)35-26(31)29-19-10-8-18(28)9-11-19/h2-13,23H,14-16H2,1H3,(H,30,33). The molecule has 1 saturated heterocycles. The Hall–Kier alpha value is -3.36. The van der Waals surface area contributed by atoms with E-state index in [4.69, 9.17) is 16.3 Å². The fourth-order valence-electron chi connectivity index (χ4n) is 3.50. The zero-order chi connectivity index (χ0) is 24.8. The van der Waals surface area contributed by atoms with Crippen molar-refractivity contribution in [2.45, 2.75) is 18.1 Å². The predicted molar refractivity (Wildman–Crippen MR) is 138 cm³/mol. The van der Waals surface area contributed by atoms with Gasteiger partial charge in [0, 0.05) is 13.0 Å². The van der Waals surface area contributed by atoms with E-state index in [1.54, 1.807) is 36.3 Å². The molecular formula is C26H23ClFN3O3S. The third-order valence-electron chi connectivity index (χ3n) is 5.40. The van der Waals surface area contributed by atoms with Gasteiger partial charge in [-0.2, -0.15) is 0 Å². The van der Waals surface area contributed by atoms with Crippen LogP contribution in [0.15, 0.2) is 77.8 Å². The lowest BCUT2D eigenvalue weighted by atomic mass is 10.1. The molecule has 180 valence electrons. The maximum absolute atomic E-state index is 13.4. The first-order valence-corrected chi connectivity index (χ1v) is 12.2. The number of amidine groups is 1. The number of methoxy groups -OCH3 is 1. The zero-order valence-corrected chi connectivity index (χ0v) is 20.5. The highest BCUT2D eigenvalue weighted by Gasteiger charge is 2.36. The number of thioether (sulfide) groups is 1. The van der Waals surface area contributed by atoms with E-state index >= 15 is 0 Å². The minimum atomic E-state index is -0.685. The van der Waals surface area contributed by atoms with Crippen molar-refractivity contribution in [1.29, 1.82) is 0 Å². The molecule has 0 saturated carbocycles. The Morgan fingerprint density at radius 3 is 2.54 bits per heavy atom. The number of amides is 2. The van der Waals surface area contributed by atoms with Gasteiger partial charge in [-0.1, -0.05) is 47.6 Å². The maximum atomic E-state index is 13.4. The summed E-state index contributed by atoms with van der Waals surface area (Å²) in [5, 5.41) is 2.91. The van der Waals surface area contributed by atoms with Crippen LogP contribution < -0.4 is 10.1 Å². The molecule has 1 heterocycles. The summed E-state index contributed by atoms with van der Waals surface area (Å²) in [5.74, 6) is -0.172. The van der Waals surface area contributed by atoms with E-state index in [1.165, 1.54) is 36.0 Å². The van der Waals surface area contributed by atoms with Crippen LogP contribution in [0.4, 0.5) is 15.8 Å². The van der Waals surface area contributed by atoms with Gasteiger partial charge in [0.2, 0.25) is 11.8 Å². The number of benzene rings is 3. The summed E-state index contributed by atoms with van der Waals surface area (Å²) in [6.45, 7) is 0.386. The van der Waals surface area contributed by atoms with E-state index in [0.717, 1.165) is 11.3 Å². The smallest absolute Gasteiger partial charge is 0.238 e. The van der Waals surface area contributed by atoms with Gasteiger partial charge in [0.25, 0.3) is 0 Å². The number of carbonyl (C=O) groups excluding carboxylic acids is 2. The van der Waals surface area contributed by atoms with Crippen LogP contribution in [-0.4, -0.2) is 40.8 Å². The topological polar surface area (TPSA) is 71.0 Å². The van der Waals surface area contributed by atoms with Crippen molar-refractivity contribution in [2.24, 2.45) is 4.99 Å². The highest BCUT2D eigenvalue weighted by atomic mass is 35.5. The second-order valence-corrected chi connectivity index (χ2v) is 9.37. The molecule has 4 rings (SSSR count). The molecule has 1 aliphatic rings. The summed E-state index contributed by atoms with van der Waals surface area (Å²) < 4.78 is 18.6. The summed E-state index contributed by atoms with van der Waals surface area (Å²) in [4.78, 5) is 32.3. The van der Waals surface area contributed by atoms with Crippen molar-refractivity contribution in [3.05, 3.63) is 89.2 Å². The van der Waals surface area contributed by atoms with Crippen molar-refractivity contribution in [3.8, 4) is 5.75 Å². The Kier molecular flexibility index (Phi) is 8.05. The maximum Gasteiger partial charge on any atom is 0.238 e. The first-order chi connectivity index (χ1) is 16.9. The SMILES string of the molecule is COc1ccc(CCN2C(=O)CC(C(=O)Nc3ccccc3Cl)SC2=Nc2ccc(F)cc2)cc1. The van der Waals surface area contributed by atoms with E-state index in [2.05, 4.69) is 10.3 Å². The van der Waals surface area contributed by atoms with Crippen LogP contribution in [0.5, 0.6) is 5.75 Å². The molecule has 35 heavy (non-hydrogen) atoms. The first-order valence-electron chi connectivity index (χ1n) is 10.9.